The molecule has 154 valence electrons. The van der Waals surface area contributed by atoms with E-state index in [9.17, 15) is 0 Å². The number of benzene rings is 4. The summed E-state index contributed by atoms with van der Waals surface area (Å²) in [5.41, 5.74) is 8.89. The van der Waals surface area contributed by atoms with Gasteiger partial charge in [0, 0.05) is 5.56 Å². The van der Waals surface area contributed by atoms with Gasteiger partial charge in [-0.25, -0.2) is 0 Å². The number of para-hydroxylation sites is 1. The summed E-state index contributed by atoms with van der Waals surface area (Å²) in [7, 11) is 0. The van der Waals surface area contributed by atoms with Crippen LogP contribution in [0.4, 0.5) is 28.6 Å². The summed E-state index contributed by atoms with van der Waals surface area (Å²) in [5, 5.41) is 10.3. The van der Waals surface area contributed by atoms with Gasteiger partial charge in [-0.3, -0.25) is 4.90 Å². The van der Waals surface area contributed by atoms with Crippen molar-refractivity contribution in [2.75, 3.05) is 4.90 Å². The molecule has 0 amide bonds. The molecule has 32 heavy (non-hydrogen) atoms. The summed E-state index contributed by atoms with van der Waals surface area (Å²) in [6.45, 7) is 4.15. The van der Waals surface area contributed by atoms with Crippen LogP contribution in [0, 0.1) is 13.8 Å². The Bertz CT molecular complexity index is 1500. The van der Waals surface area contributed by atoms with Crippen LogP contribution in [-0.2, 0) is 0 Å². The van der Waals surface area contributed by atoms with Gasteiger partial charge in [-0.1, -0.05) is 66.2 Å². The molecule has 0 fully saturated rings. The molecule has 0 bridgehead atoms. The highest BCUT2D eigenvalue weighted by atomic mass is 16.4. The van der Waals surface area contributed by atoms with Gasteiger partial charge in [0.2, 0.25) is 5.88 Å². The molecule has 4 aromatic carbocycles. The lowest BCUT2D eigenvalue weighted by atomic mass is 10.0. The zero-order valence-corrected chi connectivity index (χ0v) is 17.9. The number of furan rings is 1. The standard InChI is InChI=1S/C28H21N3O/c1-18-13-15-26-22(16-18)27-28(32-26)31(25-14-12-19(2)17-23(25)29-30-27)24-11-7-6-10-21(24)20-8-4-3-5-9-20/h3-17H,1-2H3. The van der Waals surface area contributed by atoms with Crippen molar-refractivity contribution in [1.82, 2.24) is 0 Å². The van der Waals surface area contributed by atoms with Crippen molar-refractivity contribution in [2.45, 2.75) is 13.8 Å². The Labute approximate surface area is 186 Å². The molecule has 0 saturated carbocycles. The van der Waals surface area contributed by atoms with E-state index < -0.39 is 0 Å². The largest absolute Gasteiger partial charge is 0.437 e. The Kier molecular flexibility index (Phi) is 4.18. The van der Waals surface area contributed by atoms with Crippen molar-refractivity contribution in [3.05, 3.63) is 102 Å². The van der Waals surface area contributed by atoms with E-state index in [1.165, 1.54) is 0 Å². The lowest BCUT2D eigenvalue weighted by molar-refractivity contribution is 0.622. The van der Waals surface area contributed by atoms with E-state index >= 15 is 0 Å². The lowest BCUT2D eigenvalue weighted by Gasteiger charge is -2.25. The first-order chi connectivity index (χ1) is 15.7. The second-order valence-electron chi connectivity index (χ2n) is 8.17. The lowest BCUT2D eigenvalue weighted by Crippen LogP contribution is -2.10. The van der Waals surface area contributed by atoms with E-state index in [1.54, 1.807) is 0 Å². The molecule has 0 radical (unpaired) electrons. The average molecular weight is 415 g/mol. The zero-order valence-electron chi connectivity index (χ0n) is 17.9. The molecule has 0 N–H and O–H groups in total. The van der Waals surface area contributed by atoms with E-state index in [-0.39, 0.29) is 0 Å². The van der Waals surface area contributed by atoms with Gasteiger partial charge < -0.3 is 4.42 Å². The molecule has 0 atom stereocenters. The summed E-state index contributed by atoms with van der Waals surface area (Å²) in [4.78, 5) is 2.15. The maximum atomic E-state index is 6.44. The molecule has 1 aliphatic rings. The fourth-order valence-electron chi connectivity index (χ4n) is 4.32. The highest BCUT2D eigenvalue weighted by Crippen LogP contribution is 2.53. The molecule has 1 aromatic heterocycles. The van der Waals surface area contributed by atoms with E-state index in [4.69, 9.17) is 4.42 Å². The Morgan fingerprint density at radius 2 is 1.44 bits per heavy atom. The van der Waals surface area contributed by atoms with E-state index in [0.717, 1.165) is 56.0 Å². The van der Waals surface area contributed by atoms with Gasteiger partial charge in [-0.2, -0.15) is 0 Å². The summed E-state index contributed by atoms with van der Waals surface area (Å²) in [6, 6.07) is 31.2. The molecule has 0 saturated heterocycles. The maximum absolute atomic E-state index is 6.44. The molecular formula is C28H21N3O. The third kappa shape index (κ3) is 2.92. The number of aryl methyl sites for hydroxylation is 2. The zero-order chi connectivity index (χ0) is 21.7. The normalized spacial score (nSPS) is 12.5. The number of fused-ring (bicyclic) bond motifs is 4. The van der Waals surface area contributed by atoms with Crippen molar-refractivity contribution in [3.8, 4) is 11.1 Å². The first kappa shape index (κ1) is 18.6. The molecule has 0 unspecified atom stereocenters. The van der Waals surface area contributed by atoms with Crippen molar-refractivity contribution in [3.63, 3.8) is 0 Å². The topological polar surface area (TPSA) is 41.1 Å². The van der Waals surface area contributed by atoms with E-state index in [2.05, 4.69) is 108 Å². The minimum absolute atomic E-state index is 0.681. The maximum Gasteiger partial charge on any atom is 0.233 e. The molecular weight excluding hydrogens is 394 g/mol. The van der Waals surface area contributed by atoms with Crippen LogP contribution < -0.4 is 4.90 Å². The van der Waals surface area contributed by atoms with E-state index in [1.807, 2.05) is 12.1 Å². The molecule has 6 rings (SSSR count). The third-order valence-corrected chi connectivity index (χ3v) is 5.86. The number of anilines is 3. The monoisotopic (exact) mass is 415 g/mol. The molecule has 0 aliphatic carbocycles. The molecule has 1 aliphatic heterocycles. The Balaban J connectivity index is 1.69. The van der Waals surface area contributed by atoms with Crippen molar-refractivity contribution >= 4 is 39.6 Å². The van der Waals surface area contributed by atoms with Crippen LogP contribution in [-0.4, -0.2) is 0 Å². The quantitative estimate of drug-likeness (QED) is 0.283. The highest BCUT2D eigenvalue weighted by molar-refractivity contribution is 6.02. The molecule has 5 aromatic rings. The van der Waals surface area contributed by atoms with Gasteiger partial charge >= 0.3 is 0 Å². The molecule has 0 spiro atoms. The summed E-state index contributed by atoms with van der Waals surface area (Å²) < 4.78 is 6.44. The highest BCUT2D eigenvalue weighted by Gasteiger charge is 2.29. The number of nitrogens with zero attached hydrogens (tertiary/aromatic N) is 3. The molecule has 4 heteroatoms. The summed E-state index contributed by atoms with van der Waals surface area (Å²) >= 11 is 0. The smallest absolute Gasteiger partial charge is 0.233 e. The Morgan fingerprint density at radius 3 is 2.31 bits per heavy atom. The van der Waals surface area contributed by atoms with Crippen LogP contribution in [0.25, 0.3) is 22.1 Å². The second kappa shape index (κ2) is 7.20. The van der Waals surface area contributed by atoms with Gasteiger partial charge in [0.25, 0.3) is 0 Å². The summed E-state index contributed by atoms with van der Waals surface area (Å²) in [6.07, 6.45) is 0. The number of azo groups is 1. The van der Waals surface area contributed by atoms with Gasteiger partial charge in [-0.05, 0) is 55.3 Å². The first-order valence-corrected chi connectivity index (χ1v) is 10.7. The number of hydrogen-bond acceptors (Lipinski definition) is 4. The van der Waals surface area contributed by atoms with Crippen molar-refractivity contribution in [1.29, 1.82) is 0 Å². The minimum atomic E-state index is 0.681. The number of hydrogen-bond donors (Lipinski definition) is 0. The summed E-state index contributed by atoms with van der Waals surface area (Å²) in [5.74, 6) is 0.681. The minimum Gasteiger partial charge on any atom is -0.437 e. The average Bonchev–Trinajstić information content (AvgIpc) is 3.08. The third-order valence-electron chi connectivity index (χ3n) is 5.86. The molecule has 4 nitrogen and oxygen atoms in total. The number of rotatable bonds is 2. The second-order valence-corrected chi connectivity index (χ2v) is 8.17. The van der Waals surface area contributed by atoms with Crippen LogP contribution in [0.3, 0.4) is 0 Å². The molecule has 2 heterocycles. The first-order valence-electron chi connectivity index (χ1n) is 10.7. The predicted octanol–water partition coefficient (Wildman–Crippen LogP) is 8.92. The fraction of sp³-hybridized carbons (Fsp3) is 0.0714. The van der Waals surface area contributed by atoms with E-state index in [0.29, 0.717) is 5.88 Å². The van der Waals surface area contributed by atoms with Crippen molar-refractivity contribution < 1.29 is 4.42 Å². The van der Waals surface area contributed by atoms with Crippen LogP contribution in [0.15, 0.2) is 106 Å². The van der Waals surface area contributed by atoms with Crippen molar-refractivity contribution in [2.24, 2.45) is 10.2 Å². The van der Waals surface area contributed by atoms with Crippen LogP contribution >= 0.6 is 0 Å². The Hall–Kier alpha value is -4.18. The fourth-order valence-corrected chi connectivity index (χ4v) is 4.32. The van der Waals surface area contributed by atoms with Gasteiger partial charge in [0.15, 0.2) is 5.69 Å². The van der Waals surface area contributed by atoms with Gasteiger partial charge in [0.1, 0.15) is 11.3 Å². The SMILES string of the molecule is Cc1ccc2c(c1)N=Nc1c(oc3ccc(C)cc13)N2c1ccccc1-c1ccccc1. The Morgan fingerprint density at radius 1 is 0.688 bits per heavy atom. The van der Waals surface area contributed by atoms with Crippen LogP contribution in [0.1, 0.15) is 11.1 Å². The van der Waals surface area contributed by atoms with Crippen LogP contribution in [0.2, 0.25) is 0 Å². The van der Waals surface area contributed by atoms with Gasteiger partial charge in [0.05, 0.1) is 16.8 Å². The van der Waals surface area contributed by atoms with Gasteiger partial charge in [-0.15, -0.1) is 10.2 Å². The van der Waals surface area contributed by atoms with Crippen LogP contribution in [0.5, 0.6) is 0 Å². The predicted molar refractivity (Wildman–Crippen MR) is 130 cm³/mol.